The van der Waals surface area contributed by atoms with Crippen LogP contribution in [-0.2, 0) is 9.53 Å². The summed E-state index contributed by atoms with van der Waals surface area (Å²) in [4.78, 5) is 11.5. The molecule has 1 unspecified atom stereocenters. The van der Waals surface area contributed by atoms with Crippen molar-refractivity contribution in [2.45, 2.75) is 103 Å². The lowest BCUT2D eigenvalue weighted by molar-refractivity contribution is -0.143. The summed E-state index contributed by atoms with van der Waals surface area (Å²) in [5.74, 6) is 0.873. The van der Waals surface area contributed by atoms with E-state index < -0.39 is 0 Å². The second kappa shape index (κ2) is 17.2. The van der Waals surface area contributed by atoms with Crippen LogP contribution in [0.1, 0.15) is 97.8 Å². The van der Waals surface area contributed by atoms with Crippen LogP contribution < -0.4 is 0 Å². The van der Waals surface area contributed by atoms with Crippen molar-refractivity contribution in [2.75, 3.05) is 12.4 Å². The standard InChI is InChI=1S/C19H38O2S/c1-4-6-7-8-9-10-11-12-13-14-16-21-19(20)15-17-22-18(3)5-2/h18H,4-17H2,1-3H3. The van der Waals surface area contributed by atoms with E-state index in [-0.39, 0.29) is 5.97 Å². The van der Waals surface area contributed by atoms with Crippen molar-refractivity contribution in [2.24, 2.45) is 0 Å². The maximum absolute atomic E-state index is 11.5. The lowest BCUT2D eigenvalue weighted by Gasteiger charge is -2.08. The Balaban J connectivity index is 3.17. The SMILES string of the molecule is CCCCCCCCCCCCOC(=O)CCSC(C)CC. The summed E-state index contributed by atoms with van der Waals surface area (Å²) in [6, 6.07) is 0. The molecule has 0 aliphatic heterocycles. The van der Waals surface area contributed by atoms with Crippen LogP contribution in [0.5, 0.6) is 0 Å². The topological polar surface area (TPSA) is 26.3 Å². The predicted octanol–water partition coefficient (Wildman–Crippen LogP) is 6.37. The summed E-state index contributed by atoms with van der Waals surface area (Å²) in [6.45, 7) is 7.27. The minimum atomic E-state index is -0.0215. The minimum Gasteiger partial charge on any atom is -0.466 e. The third-order valence-electron chi connectivity index (χ3n) is 4.04. The normalized spacial score (nSPS) is 12.3. The zero-order valence-corrected chi connectivity index (χ0v) is 16.0. The number of ether oxygens (including phenoxy) is 1. The number of carbonyl (C=O) groups excluding carboxylic acids is 1. The van der Waals surface area contributed by atoms with Crippen LogP contribution in [0.15, 0.2) is 0 Å². The third-order valence-corrected chi connectivity index (χ3v) is 5.39. The molecular formula is C19H38O2S. The first kappa shape index (κ1) is 21.8. The van der Waals surface area contributed by atoms with Crippen molar-refractivity contribution in [3.05, 3.63) is 0 Å². The van der Waals surface area contributed by atoms with Gasteiger partial charge in [-0.15, -0.1) is 0 Å². The van der Waals surface area contributed by atoms with Crippen LogP contribution in [0.25, 0.3) is 0 Å². The summed E-state index contributed by atoms with van der Waals surface area (Å²) in [7, 11) is 0. The minimum absolute atomic E-state index is 0.0215. The molecule has 0 aromatic carbocycles. The first-order chi connectivity index (χ1) is 10.7. The fourth-order valence-corrected chi connectivity index (χ4v) is 3.23. The van der Waals surface area contributed by atoms with E-state index in [9.17, 15) is 4.79 Å². The predicted molar refractivity (Wildman–Crippen MR) is 99.6 cm³/mol. The van der Waals surface area contributed by atoms with E-state index in [0.29, 0.717) is 18.3 Å². The average molecular weight is 331 g/mol. The van der Waals surface area contributed by atoms with Crippen molar-refractivity contribution in [1.82, 2.24) is 0 Å². The van der Waals surface area contributed by atoms with Gasteiger partial charge < -0.3 is 4.74 Å². The molecule has 3 heteroatoms. The molecule has 0 saturated heterocycles. The summed E-state index contributed by atoms with van der Waals surface area (Å²) in [5.41, 5.74) is 0. The molecular weight excluding hydrogens is 292 g/mol. The number of hydrogen-bond donors (Lipinski definition) is 0. The Hall–Kier alpha value is -0.180. The maximum atomic E-state index is 11.5. The zero-order chi connectivity index (χ0) is 16.5. The largest absolute Gasteiger partial charge is 0.466 e. The van der Waals surface area contributed by atoms with Gasteiger partial charge in [0.1, 0.15) is 0 Å². The molecule has 0 fully saturated rings. The molecule has 0 aliphatic rings. The van der Waals surface area contributed by atoms with Gasteiger partial charge in [-0.25, -0.2) is 0 Å². The van der Waals surface area contributed by atoms with Gasteiger partial charge in [-0.2, -0.15) is 11.8 Å². The first-order valence-corrected chi connectivity index (χ1v) is 10.5. The highest BCUT2D eigenvalue weighted by Crippen LogP contribution is 2.14. The molecule has 0 aliphatic carbocycles. The average Bonchev–Trinajstić information content (AvgIpc) is 2.52. The van der Waals surface area contributed by atoms with Gasteiger partial charge in [0.2, 0.25) is 0 Å². The number of rotatable bonds is 16. The van der Waals surface area contributed by atoms with E-state index in [1.807, 2.05) is 11.8 Å². The molecule has 2 nitrogen and oxygen atoms in total. The van der Waals surface area contributed by atoms with Crippen LogP contribution in [-0.4, -0.2) is 23.6 Å². The quantitative estimate of drug-likeness (QED) is 0.243. The summed E-state index contributed by atoms with van der Waals surface area (Å²) in [6.07, 6.45) is 14.9. The molecule has 0 heterocycles. The van der Waals surface area contributed by atoms with Crippen LogP contribution in [0.4, 0.5) is 0 Å². The van der Waals surface area contributed by atoms with Gasteiger partial charge in [-0.1, -0.05) is 78.6 Å². The van der Waals surface area contributed by atoms with Crippen molar-refractivity contribution in [1.29, 1.82) is 0 Å². The number of unbranched alkanes of at least 4 members (excludes halogenated alkanes) is 9. The van der Waals surface area contributed by atoms with Crippen molar-refractivity contribution >= 4 is 17.7 Å². The van der Waals surface area contributed by atoms with Crippen molar-refractivity contribution in [3.63, 3.8) is 0 Å². The molecule has 0 N–H and O–H groups in total. The summed E-state index contributed by atoms with van der Waals surface area (Å²) < 4.78 is 5.28. The second-order valence-electron chi connectivity index (χ2n) is 6.24. The Morgan fingerprint density at radius 3 is 2.00 bits per heavy atom. The highest BCUT2D eigenvalue weighted by Gasteiger charge is 2.05. The number of esters is 1. The van der Waals surface area contributed by atoms with Crippen LogP contribution in [0.3, 0.4) is 0 Å². The monoisotopic (exact) mass is 330 g/mol. The molecule has 0 bridgehead atoms. The van der Waals surface area contributed by atoms with E-state index in [1.165, 1.54) is 57.8 Å². The molecule has 0 saturated carbocycles. The summed E-state index contributed by atoms with van der Waals surface area (Å²) in [5, 5.41) is 0.648. The number of carbonyl (C=O) groups is 1. The third kappa shape index (κ3) is 16.2. The van der Waals surface area contributed by atoms with Crippen LogP contribution in [0, 0.1) is 0 Å². The van der Waals surface area contributed by atoms with E-state index in [0.717, 1.165) is 18.6 Å². The summed E-state index contributed by atoms with van der Waals surface area (Å²) >= 11 is 1.86. The van der Waals surface area contributed by atoms with Gasteiger partial charge in [0.25, 0.3) is 0 Å². The Morgan fingerprint density at radius 2 is 1.45 bits per heavy atom. The molecule has 22 heavy (non-hydrogen) atoms. The smallest absolute Gasteiger partial charge is 0.306 e. The molecule has 0 amide bonds. The van der Waals surface area contributed by atoms with Crippen LogP contribution in [0.2, 0.25) is 0 Å². The lowest BCUT2D eigenvalue weighted by atomic mass is 10.1. The molecule has 132 valence electrons. The van der Waals surface area contributed by atoms with Crippen molar-refractivity contribution < 1.29 is 9.53 Å². The number of thioether (sulfide) groups is 1. The van der Waals surface area contributed by atoms with Gasteiger partial charge >= 0.3 is 5.97 Å². The van der Waals surface area contributed by atoms with Gasteiger partial charge in [-0.05, 0) is 12.8 Å². The first-order valence-electron chi connectivity index (χ1n) is 9.47. The van der Waals surface area contributed by atoms with Crippen LogP contribution >= 0.6 is 11.8 Å². The Bertz CT molecular complexity index is 244. The van der Waals surface area contributed by atoms with Gasteiger partial charge in [0, 0.05) is 11.0 Å². The lowest BCUT2D eigenvalue weighted by Crippen LogP contribution is -2.08. The molecule has 0 aromatic rings. The maximum Gasteiger partial charge on any atom is 0.306 e. The molecule has 0 rings (SSSR count). The fraction of sp³-hybridized carbons (Fsp3) is 0.947. The van der Waals surface area contributed by atoms with Crippen molar-refractivity contribution in [3.8, 4) is 0 Å². The molecule has 0 radical (unpaired) electrons. The van der Waals surface area contributed by atoms with Gasteiger partial charge in [0.15, 0.2) is 0 Å². The zero-order valence-electron chi connectivity index (χ0n) is 15.2. The molecule has 1 atom stereocenters. The van der Waals surface area contributed by atoms with Gasteiger partial charge in [0.05, 0.1) is 13.0 Å². The highest BCUT2D eigenvalue weighted by atomic mass is 32.2. The van der Waals surface area contributed by atoms with E-state index in [4.69, 9.17) is 4.74 Å². The fourth-order valence-electron chi connectivity index (χ4n) is 2.31. The molecule has 0 spiro atoms. The second-order valence-corrected chi connectivity index (χ2v) is 7.79. The highest BCUT2D eigenvalue weighted by molar-refractivity contribution is 7.99. The van der Waals surface area contributed by atoms with E-state index in [1.54, 1.807) is 0 Å². The van der Waals surface area contributed by atoms with E-state index in [2.05, 4.69) is 20.8 Å². The van der Waals surface area contributed by atoms with E-state index >= 15 is 0 Å². The number of hydrogen-bond acceptors (Lipinski definition) is 3. The Morgan fingerprint density at radius 1 is 0.909 bits per heavy atom. The van der Waals surface area contributed by atoms with Gasteiger partial charge in [-0.3, -0.25) is 4.79 Å². The molecule has 0 aromatic heterocycles. The Labute approximate surface area is 143 Å². The Kier molecular flexibility index (Phi) is 17.0.